The number of hydrogen-bond donors (Lipinski definition) is 2. The fourth-order valence-electron chi connectivity index (χ4n) is 6.98. The molecule has 1 aromatic carbocycles. The second kappa shape index (κ2) is 14.5. The van der Waals surface area contributed by atoms with Crippen LogP contribution in [0.1, 0.15) is 70.4 Å². The van der Waals surface area contributed by atoms with E-state index in [1.807, 2.05) is 4.90 Å². The summed E-state index contributed by atoms with van der Waals surface area (Å²) in [6.07, 6.45) is -0.803. The molecule has 2 fully saturated rings. The van der Waals surface area contributed by atoms with E-state index in [1.54, 1.807) is 4.68 Å². The molecule has 2 unspecified atom stereocenters. The number of hydrogen-bond acceptors (Lipinski definition) is 10. The molecule has 7 rings (SSSR count). The molecule has 2 atom stereocenters. The molecule has 270 valence electrons. The van der Waals surface area contributed by atoms with Crippen molar-refractivity contribution in [3.05, 3.63) is 67.9 Å². The molecule has 2 aromatic heterocycles. The second-order valence-electron chi connectivity index (χ2n) is 12.6. The first-order chi connectivity index (χ1) is 23.8. The van der Waals surface area contributed by atoms with Gasteiger partial charge < -0.3 is 20.1 Å². The number of alkyl halides is 3. The molecule has 50 heavy (non-hydrogen) atoms. The summed E-state index contributed by atoms with van der Waals surface area (Å²) in [6.45, 7) is 3.15. The fourth-order valence-corrected chi connectivity index (χ4v) is 7.60. The predicted octanol–water partition coefficient (Wildman–Crippen LogP) is 5.98. The third-order valence-electron chi connectivity index (χ3n) is 9.30. The molecule has 0 bridgehead atoms. The number of carbonyl (C=O) groups is 1. The van der Waals surface area contributed by atoms with Gasteiger partial charge in [0.1, 0.15) is 5.82 Å². The van der Waals surface area contributed by atoms with Gasteiger partial charge in [-0.1, -0.05) is 23.2 Å². The molecule has 12 nitrogen and oxygen atoms in total. The Bertz CT molecular complexity index is 1790. The topological polar surface area (TPSA) is 135 Å². The zero-order chi connectivity index (χ0) is 35.9. The van der Waals surface area contributed by atoms with Gasteiger partial charge in [-0.2, -0.15) is 28.2 Å². The maximum absolute atomic E-state index is 13.9. The van der Waals surface area contributed by atoms with E-state index < -0.39 is 28.8 Å². The van der Waals surface area contributed by atoms with Gasteiger partial charge in [0.05, 0.1) is 59.7 Å². The van der Waals surface area contributed by atoms with Gasteiger partial charge in [0.25, 0.3) is 5.91 Å². The van der Waals surface area contributed by atoms with E-state index in [-0.39, 0.29) is 47.6 Å². The maximum atomic E-state index is 13.9. The third kappa shape index (κ3) is 7.21. The van der Waals surface area contributed by atoms with E-state index in [4.69, 9.17) is 38.4 Å². The molecular weight excluding hydrogens is 707 g/mol. The Morgan fingerprint density at radius 1 is 1.16 bits per heavy atom. The van der Waals surface area contributed by atoms with Gasteiger partial charge in [-0.15, -0.1) is 0 Å². The Kier molecular flexibility index (Phi) is 10.5. The Hall–Kier alpha value is -3.70. The van der Waals surface area contributed by atoms with Crippen LogP contribution in [0, 0.1) is 0 Å². The smallest absolute Gasteiger partial charge is 0.418 e. The third-order valence-corrected chi connectivity index (χ3v) is 9.99. The average Bonchev–Trinajstić information content (AvgIpc) is 3.71. The van der Waals surface area contributed by atoms with Crippen molar-refractivity contribution in [3.8, 4) is 6.01 Å². The molecule has 3 aromatic rings. The van der Waals surface area contributed by atoms with Crippen molar-refractivity contribution >= 4 is 40.6 Å². The highest BCUT2D eigenvalue weighted by atomic mass is 35.5. The molecule has 4 aliphatic rings. The summed E-state index contributed by atoms with van der Waals surface area (Å²) >= 11 is 12.5. The number of nitrogens with two attached hydrogens (primary N) is 1. The Morgan fingerprint density at radius 2 is 1.94 bits per heavy atom. The summed E-state index contributed by atoms with van der Waals surface area (Å²) in [5.74, 6) is -0.294. The van der Waals surface area contributed by atoms with E-state index >= 15 is 0 Å². The number of nitrogens with zero attached hydrogens (tertiary/aromatic N) is 7. The van der Waals surface area contributed by atoms with Crippen molar-refractivity contribution < 1.29 is 37.0 Å². The van der Waals surface area contributed by atoms with Crippen molar-refractivity contribution in [1.29, 1.82) is 0 Å². The minimum atomic E-state index is -4.72. The first-order valence-electron chi connectivity index (χ1n) is 16.0. The SMILES string of the molecule is COc1nc2c(c(N3CCCn4nc(C(=O)N(C)O)c(Cl)c4C3)n1)COC(c1cc(N)cc(Cl)c1C(F)(F)F)C2.F/C=C1/CC2CCCN2C1. The number of carbonyl (C=O) groups excluding carboxylic acids is 1. The van der Waals surface area contributed by atoms with E-state index in [2.05, 4.69) is 20.0 Å². The molecular formula is C32H36Cl2F4N8O4. The highest BCUT2D eigenvalue weighted by molar-refractivity contribution is 6.34. The van der Waals surface area contributed by atoms with Crippen LogP contribution in [0.2, 0.25) is 10.0 Å². The average molecular weight is 744 g/mol. The number of aromatic nitrogens is 4. The number of methoxy groups -OCH3 is 1. The number of fused-ring (bicyclic) bond motifs is 3. The van der Waals surface area contributed by atoms with Crippen molar-refractivity contribution in [2.45, 2.75) is 70.1 Å². The quantitative estimate of drug-likeness (QED) is 0.142. The monoisotopic (exact) mass is 742 g/mol. The molecule has 0 radical (unpaired) electrons. The molecule has 0 saturated carbocycles. The Balaban J connectivity index is 0.000000367. The first kappa shape index (κ1) is 36.1. The van der Waals surface area contributed by atoms with Gasteiger partial charge >= 0.3 is 12.2 Å². The van der Waals surface area contributed by atoms with Gasteiger partial charge in [0.15, 0.2) is 5.69 Å². The largest absolute Gasteiger partial charge is 0.467 e. The maximum Gasteiger partial charge on any atom is 0.418 e. The number of benzene rings is 1. The van der Waals surface area contributed by atoms with E-state index in [9.17, 15) is 27.6 Å². The normalized spacial score (nSPS) is 21.2. The second-order valence-corrected chi connectivity index (χ2v) is 13.4. The van der Waals surface area contributed by atoms with Crippen LogP contribution >= 0.6 is 23.2 Å². The number of amides is 1. The number of rotatable bonds is 4. The zero-order valence-corrected chi connectivity index (χ0v) is 28.8. The highest BCUT2D eigenvalue weighted by Gasteiger charge is 2.40. The van der Waals surface area contributed by atoms with Crippen molar-refractivity contribution in [2.75, 3.05) is 44.4 Å². The van der Waals surface area contributed by atoms with Crippen molar-refractivity contribution in [1.82, 2.24) is 29.7 Å². The van der Waals surface area contributed by atoms with Gasteiger partial charge in [-0.3, -0.25) is 19.6 Å². The number of nitrogen functional groups attached to an aromatic ring is 1. The summed E-state index contributed by atoms with van der Waals surface area (Å²) in [5.41, 5.74) is 7.19. The molecule has 1 amide bonds. The van der Waals surface area contributed by atoms with Crippen molar-refractivity contribution in [3.63, 3.8) is 0 Å². The molecule has 4 aliphatic heterocycles. The van der Waals surface area contributed by atoms with Crippen LogP contribution in [-0.2, 0) is 37.0 Å². The number of anilines is 2. The lowest BCUT2D eigenvalue weighted by Gasteiger charge is -2.31. The van der Waals surface area contributed by atoms with Crippen LogP contribution < -0.4 is 15.4 Å². The summed E-state index contributed by atoms with van der Waals surface area (Å²) in [6, 6.07) is 2.98. The number of ether oxygens (including phenoxy) is 2. The van der Waals surface area contributed by atoms with Crippen LogP contribution in [0.25, 0.3) is 0 Å². The van der Waals surface area contributed by atoms with Crippen LogP contribution in [0.4, 0.5) is 29.1 Å². The lowest BCUT2D eigenvalue weighted by Crippen LogP contribution is -2.29. The van der Waals surface area contributed by atoms with E-state index in [1.165, 1.54) is 39.6 Å². The molecule has 6 heterocycles. The first-order valence-corrected chi connectivity index (χ1v) is 16.7. The Morgan fingerprint density at radius 3 is 2.62 bits per heavy atom. The van der Waals surface area contributed by atoms with Crippen LogP contribution in [0.3, 0.4) is 0 Å². The minimum absolute atomic E-state index is 0.0158. The summed E-state index contributed by atoms with van der Waals surface area (Å²) in [4.78, 5) is 25.6. The molecule has 3 N–H and O–H groups in total. The molecule has 2 saturated heterocycles. The van der Waals surface area contributed by atoms with Gasteiger partial charge in [0, 0.05) is 50.4 Å². The summed E-state index contributed by atoms with van der Waals surface area (Å²) < 4.78 is 66.6. The van der Waals surface area contributed by atoms with Crippen LogP contribution in [0.5, 0.6) is 6.01 Å². The van der Waals surface area contributed by atoms with Crippen LogP contribution in [0.15, 0.2) is 24.0 Å². The van der Waals surface area contributed by atoms with Gasteiger partial charge in [-0.05, 0) is 55.5 Å². The van der Waals surface area contributed by atoms with E-state index in [0.29, 0.717) is 53.4 Å². The Labute approximate surface area is 295 Å². The fraction of sp³-hybridized carbons (Fsp3) is 0.500. The lowest BCUT2D eigenvalue weighted by atomic mass is 9.94. The number of halogens is 6. The van der Waals surface area contributed by atoms with Crippen molar-refractivity contribution in [2.24, 2.45) is 0 Å². The predicted molar refractivity (Wildman–Crippen MR) is 176 cm³/mol. The molecule has 0 aliphatic carbocycles. The summed E-state index contributed by atoms with van der Waals surface area (Å²) in [5, 5.41) is 13.8. The minimum Gasteiger partial charge on any atom is -0.467 e. The zero-order valence-electron chi connectivity index (χ0n) is 27.3. The van der Waals surface area contributed by atoms with Gasteiger partial charge in [-0.25, -0.2) is 9.45 Å². The standard InChI is InChI=1S/C24H24Cl2F3N7O4.C8H12FN/c1-34(38)22(37)20-19(26)16-9-35(4-3-5-36(16)33-20)21-13-10-40-17(8-15(13)31-23(32-21)39-2)12-6-11(30)7-14(25)18(12)24(27,28)29;9-5-7-4-8-2-1-3-10(8)6-7/h6-7,17,38H,3-5,8-10,30H2,1-2H3;5,8H,1-4,6H2/b;7-5-. The number of hydroxylamine groups is 2. The number of aryl methyl sites for hydroxylation is 1. The van der Waals surface area contributed by atoms with Crippen LogP contribution in [-0.4, -0.2) is 80.7 Å². The lowest BCUT2D eigenvalue weighted by molar-refractivity contribution is -0.139. The molecule has 0 spiro atoms. The van der Waals surface area contributed by atoms with E-state index in [0.717, 1.165) is 30.9 Å². The van der Waals surface area contributed by atoms with Gasteiger partial charge in [0.2, 0.25) is 0 Å². The highest BCUT2D eigenvalue weighted by Crippen LogP contribution is 2.45. The molecule has 18 heteroatoms. The summed E-state index contributed by atoms with van der Waals surface area (Å²) in [7, 11) is 2.57.